The fourth-order valence-corrected chi connectivity index (χ4v) is 3.31. The van der Waals surface area contributed by atoms with Crippen molar-refractivity contribution in [2.75, 3.05) is 13.1 Å². The van der Waals surface area contributed by atoms with Crippen LogP contribution in [0.4, 0.5) is 0 Å². The fourth-order valence-electron chi connectivity index (χ4n) is 3.31. The molecule has 3 rings (SSSR count). The van der Waals surface area contributed by atoms with Gasteiger partial charge in [-0.05, 0) is 12.8 Å². The molecule has 20 heavy (non-hydrogen) atoms. The Morgan fingerprint density at radius 2 is 1.75 bits per heavy atom. The molecule has 1 aliphatic heterocycles. The van der Waals surface area contributed by atoms with Crippen molar-refractivity contribution in [2.45, 2.75) is 57.0 Å². The third-order valence-electron chi connectivity index (χ3n) is 4.59. The van der Waals surface area contributed by atoms with Crippen molar-refractivity contribution in [1.82, 2.24) is 19.9 Å². The molecule has 1 aliphatic carbocycles. The van der Waals surface area contributed by atoms with Crippen molar-refractivity contribution in [3.63, 3.8) is 0 Å². The van der Waals surface area contributed by atoms with Gasteiger partial charge in [0.05, 0.1) is 12.2 Å². The van der Waals surface area contributed by atoms with Gasteiger partial charge in [0.25, 0.3) is 0 Å². The van der Waals surface area contributed by atoms with Gasteiger partial charge < -0.3 is 5.11 Å². The molecule has 6 heteroatoms. The topological polar surface area (TPSA) is 71.2 Å². The molecule has 1 aromatic heterocycles. The molecule has 1 saturated heterocycles. The van der Waals surface area contributed by atoms with Gasteiger partial charge in [-0.1, -0.05) is 37.3 Å². The van der Waals surface area contributed by atoms with Crippen LogP contribution in [0.2, 0.25) is 0 Å². The van der Waals surface area contributed by atoms with Crippen LogP contribution in [0.25, 0.3) is 0 Å². The van der Waals surface area contributed by atoms with E-state index < -0.39 is 5.97 Å². The first-order chi connectivity index (χ1) is 9.74. The van der Waals surface area contributed by atoms with Crippen LogP contribution in [0.5, 0.6) is 0 Å². The molecule has 0 radical (unpaired) electrons. The van der Waals surface area contributed by atoms with Crippen LogP contribution in [-0.2, 0) is 0 Å². The standard InChI is InChI=1S/C14H22N4O2/c19-14(20)13-10-18(16-15-13)12-8-17(9-12)11-6-4-2-1-3-5-7-11/h10-12H,1-9H2,(H,19,20). The van der Waals surface area contributed by atoms with E-state index in [2.05, 4.69) is 15.2 Å². The average Bonchev–Trinajstić information content (AvgIpc) is 2.79. The van der Waals surface area contributed by atoms with Gasteiger partial charge in [-0.2, -0.15) is 0 Å². The SMILES string of the molecule is O=C(O)c1cn(C2CN(C3CCCCCCC3)C2)nn1. The summed E-state index contributed by atoms with van der Waals surface area (Å²) in [7, 11) is 0. The lowest BCUT2D eigenvalue weighted by Crippen LogP contribution is -2.53. The predicted octanol–water partition coefficient (Wildman–Crippen LogP) is 1.95. The summed E-state index contributed by atoms with van der Waals surface area (Å²) >= 11 is 0. The van der Waals surface area contributed by atoms with E-state index in [0.29, 0.717) is 12.1 Å². The summed E-state index contributed by atoms with van der Waals surface area (Å²) in [4.78, 5) is 13.3. The molecule has 1 aromatic rings. The number of aromatic carboxylic acids is 1. The van der Waals surface area contributed by atoms with E-state index in [1.807, 2.05) is 0 Å². The molecule has 1 saturated carbocycles. The first-order valence-electron chi connectivity index (χ1n) is 7.63. The van der Waals surface area contributed by atoms with E-state index in [1.165, 1.54) is 44.9 Å². The molecule has 2 heterocycles. The zero-order chi connectivity index (χ0) is 13.9. The summed E-state index contributed by atoms with van der Waals surface area (Å²) in [5.41, 5.74) is 0.0365. The van der Waals surface area contributed by atoms with Crippen molar-refractivity contribution in [3.8, 4) is 0 Å². The Balaban J connectivity index is 1.53. The first kappa shape index (κ1) is 13.5. The van der Waals surface area contributed by atoms with Gasteiger partial charge in [-0.25, -0.2) is 9.48 Å². The van der Waals surface area contributed by atoms with Gasteiger partial charge in [0.15, 0.2) is 5.69 Å². The van der Waals surface area contributed by atoms with E-state index in [4.69, 9.17) is 5.11 Å². The van der Waals surface area contributed by atoms with E-state index in [-0.39, 0.29) is 5.69 Å². The second kappa shape index (κ2) is 5.91. The first-order valence-corrected chi connectivity index (χ1v) is 7.63. The van der Waals surface area contributed by atoms with Crippen LogP contribution < -0.4 is 0 Å². The molecule has 0 atom stereocenters. The zero-order valence-electron chi connectivity index (χ0n) is 11.7. The molecule has 2 aliphatic rings. The average molecular weight is 278 g/mol. The molecular formula is C14H22N4O2. The second-order valence-corrected chi connectivity index (χ2v) is 6.00. The largest absolute Gasteiger partial charge is 0.476 e. The number of carboxylic acid groups (broad SMARTS) is 1. The fraction of sp³-hybridized carbons (Fsp3) is 0.786. The van der Waals surface area contributed by atoms with Crippen LogP contribution in [0.3, 0.4) is 0 Å². The maximum atomic E-state index is 10.8. The number of hydrogen-bond acceptors (Lipinski definition) is 4. The van der Waals surface area contributed by atoms with Crippen LogP contribution in [-0.4, -0.2) is 50.1 Å². The Labute approximate surface area is 118 Å². The molecule has 0 bridgehead atoms. The number of carboxylic acids is 1. The van der Waals surface area contributed by atoms with Crippen LogP contribution in [0, 0.1) is 0 Å². The predicted molar refractivity (Wildman–Crippen MR) is 73.7 cm³/mol. The highest BCUT2D eigenvalue weighted by atomic mass is 16.4. The maximum Gasteiger partial charge on any atom is 0.358 e. The molecule has 0 aromatic carbocycles. The van der Waals surface area contributed by atoms with Gasteiger partial charge in [-0.3, -0.25) is 4.90 Å². The van der Waals surface area contributed by atoms with Gasteiger partial charge >= 0.3 is 5.97 Å². The van der Waals surface area contributed by atoms with Crippen molar-refractivity contribution in [3.05, 3.63) is 11.9 Å². The highest BCUT2D eigenvalue weighted by molar-refractivity contribution is 5.84. The summed E-state index contributed by atoms with van der Waals surface area (Å²) in [5, 5.41) is 16.5. The zero-order valence-corrected chi connectivity index (χ0v) is 11.7. The van der Waals surface area contributed by atoms with Crippen molar-refractivity contribution < 1.29 is 9.90 Å². The minimum Gasteiger partial charge on any atom is -0.476 e. The highest BCUT2D eigenvalue weighted by Crippen LogP contribution is 2.29. The summed E-state index contributed by atoms with van der Waals surface area (Å²) in [6.45, 7) is 1.96. The quantitative estimate of drug-likeness (QED) is 0.915. The number of hydrogen-bond donors (Lipinski definition) is 1. The summed E-state index contributed by atoms with van der Waals surface area (Å²) in [5.74, 6) is -1.01. The Morgan fingerprint density at radius 1 is 1.10 bits per heavy atom. The Bertz CT molecular complexity index is 459. The molecule has 1 N–H and O–H groups in total. The summed E-state index contributed by atoms with van der Waals surface area (Å²) in [6, 6.07) is 1.01. The van der Waals surface area contributed by atoms with E-state index in [1.54, 1.807) is 10.9 Å². The van der Waals surface area contributed by atoms with Crippen molar-refractivity contribution in [1.29, 1.82) is 0 Å². The number of rotatable bonds is 3. The van der Waals surface area contributed by atoms with E-state index >= 15 is 0 Å². The van der Waals surface area contributed by atoms with Gasteiger partial charge in [0.2, 0.25) is 0 Å². The van der Waals surface area contributed by atoms with Crippen LogP contribution in [0.1, 0.15) is 61.5 Å². The number of aromatic nitrogens is 3. The number of carbonyl (C=O) groups is 1. The monoisotopic (exact) mass is 278 g/mol. The lowest BCUT2D eigenvalue weighted by molar-refractivity contribution is 0.0398. The smallest absolute Gasteiger partial charge is 0.358 e. The second-order valence-electron chi connectivity index (χ2n) is 6.00. The molecule has 0 amide bonds. The Hall–Kier alpha value is -1.43. The Kier molecular flexibility index (Phi) is 4.00. The molecule has 110 valence electrons. The number of nitrogens with zero attached hydrogens (tertiary/aromatic N) is 4. The maximum absolute atomic E-state index is 10.8. The molecule has 0 spiro atoms. The molecule has 6 nitrogen and oxygen atoms in total. The third kappa shape index (κ3) is 2.85. The summed E-state index contributed by atoms with van der Waals surface area (Å²) in [6.07, 6.45) is 11.0. The number of likely N-dealkylation sites (tertiary alicyclic amines) is 1. The molecule has 2 fully saturated rings. The van der Waals surface area contributed by atoms with Gasteiger partial charge in [0, 0.05) is 19.1 Å². The highest BCUT2D eigenvalue weighted by Gasteiger charge is 2.34. The van der Waals surface area contributed by atoms with Gasteiger partial charge in [-0.15, -0.1) is 5.10 Å². The van der Waals surface area contributed by atoms with Crippen molar-refractivity contribution >= 4 is 5.97 Å². The molecular weight excluding hydrogens is 256 g/mol. The van der Waals surface area contributed by atoms with E-state index in [9.17, 15) is 4.79 Å². The minimum atomic E-state index is -1.01. The Morgan fingerprint density at radius 3 is 2.35 bits per heavy atom. The molecule has 0 unspecified atom stereocenters. The van der Waals surface area contributed by atoms with Crippen LogP contribution in [0.15, 0.2) is 6.20 Å². The lowest BCUT2D eigenvalue weighted by Gasteiger charge is -2.44. The van der Waals surface area contributed by atoms with Crippen LogP contribution >= 0.6 is 0 Å². The normalized spacial score (nSPS) is 23.0. The lowest BCUT2D eigenvalue weighted by atomic mass is 9.93. The van der Waals surface area contributed by atoms with Crippen molar-refractivity contribution in [2.24, 2.45) is 0 Å². The summed E-state index contributed by atoms with van der Waals surface area (Å²) < 4.78 is 1.71. The minimum absolute atomic E-state index is 0.0365. The van der Waals surface area contributed by atoms with Gasteiger partial charge in [0.1, 0.15) is 0 Å². The van der Waals surface area contributed by atoms with E-state index in [0.717, 1.165) is 13.1 Å². The third-order valence-corrected chi connectivity index (χ3v) is 4.59.